The van der Waals surface area contributed by atoms with Crippen molar-refractivity contribution in [3.8, 4) is 0 Å². The van der Waals surface area contributed by atoms with Crippen LogP contribution in [0.2, 0.25) is 0 Å². The van der Waals surface area contributed by atoms with E-state index in [1.807, 2.05) is 30.3 Å². The van der Waals surface area contributed by atoms with E-state index >= 15 is 0 Å². The van der Waals surface area contributed by atoms with Crippen LogP contribution < -0.4 is 10.6 Å². The Kier molecular flexibility index (Phi) is 5.08. The maximum atomic E-state index is 12.1. The largest absolute Gasteiger partial charge is 0.451 e. The van der Waals surface area contributed by atoms with Crippen LogP contribution in [-0.4, -0.2) is 34.8 Å². The summed E-state index contributed by atoms with van der Waals surface area (Å²) in [6.07, 6.45) is -0.809. The zero-order valence-electron chi connectivity index (χ0n) is 12.7. The summed E-state index contributed by atoms with van der Waals surface area (Å²) in [5.41, 5.74) is 0.922. The fourth-order valence-electron chi connectivity index (χ4n) is 1.86. The van der Waals surface area contributed by atoms with Crippen molar-refractivity contribution in [3.63, 3.8) is 0 Å². The Morgan fingerprint density at radius 1 is 1.22 bits per heavy atom. The molecule has 0 aliphatic heterocycles. The second-order valence-electron chi connectivity index (χ2n) is 4.65. The summed E-state index contributed by atoms with van der Waals surface area (Å²) in [5.74, 6) is -0.802. The highest BCUT2D eigenvalue weighted by atomic mass is 16.5. The summed E-state index contributed by atoms with van der Waals surface area (Å²) >= 11 is 0. The third kappa shape index (κ3) is 4.16. The van der Waals surface area contributed by atoms with Gasteiger partial charge in [0.15, 0.2) is 5.69 Å². The highest BCUT2D eigenvalue weighted by Crippen LogP contribution is 2.12. The number of methoxy groups -OCH3 is 1. The van der Waals surface area contributed by atoms with Crippen molar-refractivity contribution < 1.29 is 19.1 Å². The SMILES string of the molecule is COC(=O)n1nc(C(=O)NCc2ccccc2)cc1NC(C)=O. The number of carbonyl (C=O) groups excluding carboxylic acids is 3. The minimum absolute atomic E-state index is 0.00455. The molecule has 2 amide bonds. The lowest BCUT2D eigenvalue weighted by atomic mass is 10.2. The van der Waals surface area contributed by atoms with E-state index in [-0.39, 0.29) is 11.5 Å². The smallest absolute Gasteiger partial charge is 0.436 e. The molecule has 0 saturated carbocycles. The van der Waals surface area contributed by atoms with Crippen LogP contribution in [0.5, 0.6) is 0 Å². The van der Waals surface area contributed by atoms with E-state index in [0.29, 0.717) is 6.54 Å². The van der Waals surface area contributed by atoms with E-state index in [1.54, 1.807) is 0 Å². The highest BCUT2D eigenvalue weighted by molar-refractivity contribution is 5.96. The van der Waals surface area contributed by atoms with Gasteiger partial charge in [0.05, 0.1) is 7.11 Å². The molecule has 0 radical (unpaired) electrons. The van der Waals surface area contributed by atoms with Crippen LogP contribution in [0.1, 0.15) is 23.0 Å². The van der Waals surface area contributed by atoms with Gasteiger partial charge in [0.2, 0.25) is 5.91 Å². The zero-order chi connectivity index (χ0) is 16.8. The first-order chi connectivity index (χ1) is 11.0. The van der Waals surface area contributed by atoms with Crippen molar-refractivity contribution in [1.82, 2.24) is 15.1 Å². The topological polar surface area (TPSA) is 102 Å². The lowest BCUT2D eigenvalue weighted by Crippen LogP contribution is -2.24. The first kappa shape index (κ1) is 16.2. The minimum atomic E-state index is -0.809. The van der Waals surface area contributed by atoms with Gasteiger partial charge in [0.25, 0.3) is 5.91 Å². The molecule has 0 bridgehead atoms. The number of anilines is 1. The fraction of sp³-hybridized carbons (Fsp3) is 0.200. The van der Waals surface area contributed by atoms with E-state index in [4.69, 9.17) is 0 Å². The molecule has 1 aromatic heterocycles. The summed E-state index contributed by atoms with van der Waals surface area (Å²) in [4.78, 5) is 34.9. The molecule has 0 saturated heterocycles. The summed E-state index contributed by atoms with van der Waals surface area (Å²) in [6, 6.07) is 10.7. The van der Waals surface area contributed by atoms with Crippen LogP contribution in [0, 0.1) is 0 Å². The summed E-state index contributed by atoms with van der Waals surface area (Å²) in [5, 5.41) is 8.97. The molecule has 0 unspecified atom stereocenters. The first-order valence-corrected chi connectivity index (χ1v) is 6.79. The van der Waals surface area contributed by atoms with Crippen molar-refractivity contribution in [2.75, 3.05) is 12.4 Å². The van der Waals surface area contributed by atoms with Crippen molar-refractivity contribution in [2.24, 2.45) is 0 Å². The molecule has 120 valence electrons. The van der Waals surface area contributed by atoms with Crippen LogP contribution in [-0.2, 0) is 16.1 Å². The first-order valence-electron chi connectivity index (χ1n) is 6.79. The Hall–Kier alpha value is -3.16. The number of hydrogen-bond donors (Lipinski definition) is 2. The summed E-state index contributed by atoms with van der Waals surface area (Å²) < 4.78 is 5.38. The van der Waals surface area contributed by atoms with Crippen LogP contribution in [0.4, 0.5) is 10.6 Å². The summed E-state index contributed by atoms with van der Waals surface area (Å²) in [7, 11) is 1.18. The third-order valence-corrected chi connectivity index (χ3v) is 2.89. The van der Waals surface area contributed by atoms with Gasteiger partial charge in [0.1, 0.15) is 5.82 Å². The van der Waals surface area contributed by atoms with E-state index in [2.05, 4.69) is 20.5 Å². The number of rotatable bonds is 4. The monoisotopic (exact) mass is 316 g/mol. The Morgan fingerprint density at radius 3 is 2.52 bits per heavy atom. The minimum Gasteiger partial charge on any atom is -0.451 e. The maximum Gasteiger partial charge on any atom is 0.436 e. The summed E-state index contributed by atoms with van der Waals surface area (Å²) in [6.45, 7) is 1.60. The maximum absolute atomic E-state index is 12.1. The van der Waals surface area contributed by atoms with Gasteiger partial charge in [0, 0.05) is 19.5 Å². The quantitative estimate of drug-likeness (QED) is 0.887. The van der Waals surface area contributed by atoms with Gasteiger partial charge < -0.3 is 15.4 Å². The molecule has 23 heavy (non-hydrogen) atoms. The molecule has 8 heteroatoms. The lowest BCUT2D eigenvalue weighted by Gasteiger charge is -2.03. The van der Waals surface area contributed by atoms with E-state index < -0.39 is 17.9 Å². The average molecular weight is 316 g/mol. The van der Waals surface area contributed by atoms with Crippen LogP contribution in [0.25, 0.3) is 0 Å². The number of hydrogen-bond acceptors (Lipinski definition) is 5. The van der Waals surface area contributed by atoms with Crippen LogP contribution in [0.15, 0.2) is 36.4 Å². The van der Waals surface area contributed by atoms with Crippen molar-refractivity contribution in [2.45, 2.75) is 13.5 Å². The van der Waals surface area contributed by atoms with Crippen molar-refractivity contribution in [1.29, 1.82) is 0 Å². The van der Waals surface area contributed by atoms with Gasteiger partial charge >= 0.3 is 6.09 Å². The number of amides is 2. The molecule has 1 heterocycles. The van der Waals surface area contributed by atoms with Crippen molar-refractivity contribution in [3.05, 3.63) is 47.7 Å². The molecule has 0 aliphatic carbocycles. The Balaban J connectivity index is 2.15. The molecule has 0 spiro atoms. The number of nitrogens with one attached hydrogen (secondary N) is 2. The molecule has 0 atom stereocenters. The molecular weight excluding hydrogens is 300 g/mol. The Morgan fingerprint density at radius 2 is 1.91 bits per heavy atom. The van der Waals surface area contributed by atoms with Gasteiger partial charge in [-0.3, -0.25) is 9.59 Å². The number of benzene rings is 1. The van der Waals surface area contributed by atoms with E-state index in [0.717, 1.165) is 10.2 Å². The molecule has 0 aliphatic rings. The van der Waals surface area contributed by atoms with E-state index in [9.17, 15) is 14.4 Å². The van der Waals surface area contributed by atoms with Gasteiger partial charge in [-0.05, 0) is 5.56 Å². The van der Waals surface area contributed by atoms with E-state index in [1.165, 1.54) is 20.1 Å². The molecule has 8 nitrogen and oxygen atoms in total. The number of ether oxygens (including phenoxy) is 1. The highest BCUT2D eigenvalue weighted by Gasteiger charge is 2.19. The predicted molar refractivity (Wildman–Crippen MR) is 81.9 cm³/mol. The van der Waals surface area contributed by atoms with Crippen LogP contribution >= 0.6 is 0 Å². The predicted octanol–water partition coefficient (Wildman–Crippen LogP) is 1.39. The standard InChI is InChI=1S/C15H16N4O4/c1-10(20)17-13-8-12(18-19(13)15(22)23-2)14(21)16-9-11-6-4-3-5-7-11/h3-8H,9H2,1-2H3,(H,16,21)(H,17,20). The fourth-order valence-corrected chi connectivity index (χ4v) is 1.86. The van der Waals surface area contributed by atoms with Gasteiger partial charge in [-0.1, -0.05) is 30.3 Å². The Bertz CT molecular complexity index is 724. The molecular formula is C15H16N4O4. The number of aromatic nitrogens is 2. The van der Waals surface area contributed by atoms with Gasteiger partial charge in [-0.25, -0.2) is 4.79 Å². The lowest BCUT2D eigenvalue weighted by molar-refractivity contribution is -0.114. The van der Waals surface area contributed by atoms with Crippen molar-refractivity contribution >= 4 is 23.7 Å². The molecule has 0 fully saturated rings. The molecule has 1 aromatic carbocycles. The molecule has 2 aromatic rings. The normalized spacial score (nSPS) is 10.0. The Labute approximate surface area is 132 Å². The second-order valence-corrected chi connectivity index (χ2v) is 4.65. The molecule has 2 rings (SSSR count). The second kappa shape index (κ2) is 7.21. The number of carbonyl (C=O) groups is 3. The van der Waals surface area contributed by atoms with Crippen LogP contribution in [0.3, 0.4) is 0 Å². The van der Waals surface area contributed by atoms with Gasteiger partial charge in [-0.15, -0.1) is 4.68 Å². The third-order valence-electron chi connectivity index (χ3n) is 2.89. The van der Waals surface area contributed by atoms with Gasteiger partial charge in [-0.2, -0.15) is 5.10 Å². The molecule has 2 N–H and O–H groups in total. The number of nitrogens with zero attached hydrogens (tertiary/aromatic N) is 2. The average Bonchev–Trinajstić information content (AvgIpc) is 2.96. The zero-order valence-corrected chi connectivity index (χ0v) is 12.7.